The second-order valence-electron chi connectivity index (χ2n) is 3.78. The first-order valence-electron chi connectivity index (χ1n) is 5.28. The molecular weight excluding hydrogens is 467 g/mol. The SMILES string of the molecule is O=C(C=C(O)C(F)(F)F)C(F)(F)F.O=C(C=C(O)C(F)(F)F)C(F)(F)F.[Mn]. The van der Waals surface area contributed by atoms with Gasteiger partial charge in [-0.2, -0.15) is 52.7 Å². The topological polar surface area (TPSA) is 74.6 Å². The van der Waals surface area contributed by atoms with Gasteiger partial charge < -0.3 is 10.2 Å². The van der Waals surface area contributed by atoms with Crippen LogP contribution in [0.25, 0.3) is 0 Å². The average molecular weight is 471 g/mol. The van der Waals surface area contributed by atoms with Crippen molar-refractivity contribution in [1.29, 1.82) is 0 Å². The first kappa shape index (κ1) is 29.8. The van der Waals surface area contributed by atoms with Crippen LogP contribution in [-0.4, -0.2) is 46.5 Å². The van der Waals surface area contributed by atoms with Gasteiger partial charge >= 0.3 is 24.7 Å². The van der Waals surface area contributed by atoms with Gasteiger partial charge in [0.25, 0.3) is 11.6 Å². The van der Waals surface area contributed by atoms with E-state index in [1.807, 2.05) is 0 Å². The van der Waals surface area contributed by atoms with Gasteiger partial charge in [0.2, 0.25) is 11.5 Å². The molecule has 0 heterocycles. The van der Waals surface area contributed by atoms with E-state index in [1.165, 1.54) is 0 Å². The van der Waals surface area contributed by atoms with Crippen molar-refractivity contribution in [3.05, 3.63) is 23.7 Å². The fourth-order valence-electron chi connectivity index (χ4n) is 0.576. The maximum atomic E-state index is 11.4. The van der Waals surface area contributed by atoms with Crippen LogP contribution in [0.4, 0.5) is 52.7 Å². The first-order valence-corrected chi connectivity index (χ1v) is 5.28. The maximum absolute atomic E-state index is 11.4. The molecule has 4 nitrogen and oxygen atoms in total. The van der Waals surface area contributed by atoms with E-state index in [4.69, 9.17) is 10.2 Å². The van der Waals surface area contributed by atoms with Gasteiger partial charge in [-0.15, -0.1) is 0 Å². The molecule has 0 aliphatic carbocycles. The Labute approximate surface area is 150 Å². The van der Waals surface area contributed by atoms with Crippen LogP contribution < -0.4 is 0 Å². The second kappa shape index (κ2) is 9.87. The summed E-state index contributed by atoms with van der Waals surface area (Å²) in [5.74, 6) is -10.7. The molecule has 0 spiro atoms. The Kier molecular flexibility index (Phi) is 10.9. The van der Waals surface area contributed by atoms with Crippen molar-refractivity contribution < 1.29 is 89.6 Å². The van der Waals surface area contributed by atoms with Crippen molar-refractivity contribution in [1.82, 2.24) is 0 Å². The van der Waals surface area contributed by atoms with Gasteiger partial charge in [0.05, 0.1) is 0 Å². The van der Waals surface area contributed by atoms with Gasteiger partial charge in [0.1, 0.15) is 0 Å². The second-order valence-corrected chi connectivity index (χ2v) is 3.78. The van der Waals surface area contributed by atoms with Crippen LogP contribution in [0.15, 0.2) is 23.7 Å². The van der Waals surface area contributed by atoms with E-state index in [-0.39, 0.29) is 17.1 Å². The third-order valence-electron chi connectivity index (χ3n) is 1.68. The van der Waals surface area contributed by atoms with E-state index in [1.54, 1.807) is 0 Å². The third-order valence-corrected chi connectivity index (χ3v) is 1.68. The van der Waals surface area contributed by atoms with Crippen molar-refractivity contribution in [2.75, 3.05) is 0 Å². The molecule has 0 saturated heterocycles. The van der Waals surface area contributed by atoms with E-state index < -0.39 is 59.9 Å². The summed E-state index contributed by atoms with van der Waals surface area (Å²) in [6.07, 6.45) is -23.4. The zero-order valence-electron chi connectivity index (χ0n) is 11.8. The number of halogens is 12. The Morgan fingerprint density at radius 3 is 0.815 bits per heavy atom. The molecule has 17 heteroatoms. The number of ketones is 2. The summed E-state index contributed by atoms with van der Waals surface area (Å²) in [6.45, 7) is 0. The molecule has 0 unspecified atom stereocenters. The standard InChI is InChI=1S/2C5H2F6O2.Mn/c2*6-4(7,8)2(12)1-3(13)5(9,10)11;/h2*1,12H;. The van der Waals surface area contributed by atoms with E-state index in [2.05, 4.69) is 0 Å². The van der Waals surface area contributed by atoms with E-state index in [0.29, 0.717) is 0 Å². The number of aliphatic hydroxyl groups excluding tert-OH is 2. The Balaban J connectivity index is -0.000000411. The minimum Gasteiger partial charge on any atom is -0.504 e. The van der Waals surface area contributed by atoms with Crippen molar-refractivity contribution in [3.8, 4) is 0 Å². The summed E-state index contributed by atoms with van der Waals surface area (Å²) >= 11 is 0. The fraction of sp³-hybridized carbons (Fsp3) is 0.400. The first-order chi connectivity index (χ1) is 11.1. The molecule has 0 rings (SSSR count). The van der Waals surface area contributed by atoms with Crippen LogP contribution in [0.3, 0.4) is 0 Å². The normalized spacial score (nSPS) is 13.9. The van der Waals surface area contributed by atoms with E-state index >= 15 is 0 Å². The Hall–Kier alpha value is -1.90. The molecule has 0 aromatic rings. The van der Waals surface area contributed by atoms with Gasteiger partial charge in [0.15, 0.2) is 0 Å². The number of allylic oxidation sites excluding steroid dienone is 4. The van der Waals surface area contributed by atoms with E-state index in [0.717, 1.165) is 0 Å². The summed E-state index contributed by atoms with van der Waals surface area (Å²) in [5, 5.41) is 15.9. The monoisotopic (exact) mass is 471 g/mol. The van der Waals surface area contributed by atoms with Crippen LogP contribution in [0.5, 0.6) is 0 Å². The molecular formula is C10H4F12MnO4. The molecule has 27 heavy (non-hydrogen) atoms. The maximum Gasteiger partial charge on any atom is 0.454 e. The smallest absolute Gasteiger partial charge is 0.454 e. The van der Waals surface area contributed by atoms with Crippen molar-refractivity contribution >= 4 is 11.6 Å². The third kappa shape index (κ3) is 13.0. The number of rotatable bonds is 2. The van der Waals surface area contributed by atoms with Gasteiger partial charge in [-0.3, -0.25) is 9.59 Å². The Bertz CT molecular complexity index is 527. The summed E-state index contributed by atoms with van der Waals surface area (Å²) in [4.78, 5) is 19.7. The number of aliphatic hydroxyl groups is 2. The molecule has 0 saturated carbocycles. The molecule has 0 fully saturated rings. The molecule has 0 aromatic heterocycles. The molecule has 0 aliphatic heterocycles. The molecule has 0 aliphatic rings. The Morgan fingerprint density at radius 2 is 0.704 bits per heavy atom. The van der Waals surface area contributed by atoms with Gasteiger partial charge in [-0.05, 0) is 0 Å². The van der Waals surface area contributed by atoms with Crippen LogP contribution in [0.2, 0.25) is 0 Å². The van der Waals surface area contributed by atoms with Crippen LogP contribution in [0, 0.1) is 0 Å². The molecule has 0 atom stereocenters. The molecule has 0 aromatic carbocycles. The molecule has 0 bridgehead atoms. The summed E-state index contributed by atoms with van der Waals surface area (Å²) < 4.78 is 136. The molecule has 1 radical (unpaired) electrons. The fourth-order valence-corrected chi connectivity index (χ4v) is 0.576. The van der Waals surface area contributed by atoms with Crippen LogP contribution >= 0.6 is 0 Å². The Morgan fingerprint density at radius 1 is 0.519 bits per heavy atom. The number of hydrogen-bond donors (Lipinski definition) is 2. The van der Waals surface area contributed by atoms with Crippen molar-refractivity contribution in [2.24, 2.45) is 0 Å². The van der Waals surface area contributed by atoms with Crippen molar-refractivity contribution in [2.45, 2.75) is 24.7 Å². The van der Waals surface area contributed by atoms with Crippen molar-refractivity contribution in [3.63, 3.8) is 0 Å². The number of alkyl halides is 12. The summed E-state index contributed by atoms with van der Waals surface area (Å²) in [7, 11) is 0. The largest absolute Gasteiger partial charge is 0.504 e. The predicted molar refractivity (Wildman–Crippen MR) is 55.7 cm³/mol. The van der Waals surface area contributed by atoms with Crippen LogP contribution in [0.1, 0.15) is 0 Å². The minimum atomic E-state index is -5.42. The quantitative estimate of drug-likeness (QED) is 0.274. The number of carbonyl (C=O) groups is 2. The van der Waals surface area contributed by atoms with Gasteiger partial charge in [-0.1, -0.05) is 0 Å². The minimum absolute atomic E-state index is 0. The predicted octanol–water partition coefficient (Wildman–Crippen LogP) is 4.24. The average Bonchev–Trinajstić information content (AvgIpc) is 2.34. The molecule has 2 N–H and O–H groups in total. The number of hydrogen-bond acceptors (Lipinski definition) is 4. The van der Waals surface area contributed by atoms with Gasteiger partial charge in [0, 0.05) is 29.2 Å². The number of carbonyl (C=O) groups excluding carboxylic acids is 2. The zero-order valence-corrected chi connectivity index (χ0v) is 13.0. The van der Waals surface area contributed by atoms with Crippen LogP contribution in [-0.2, 0) is 26.7 Å². The van der Waals surface area contributed by atoms with E-state index in [9.17, 15) is 62.3 Å². The zero-order chi connectivity index (χ0) is 21.7. The molecule has 159 valence electrons. The van der Waals surface area contributed by atoms with Gasteiger partial charge in [-0.25, -0.2) is 0 Å². The molecule has 0 amide bonds. The summed E-state index contributed by atoms with van der Waals surface area (Å²) in [6, 6.07) is 0. The summed E-state index contributed by atoms with van der Waals surface area (Å²) in [5.41, 5.74) is 0.